The van der Waals surface area contributed by atoms with Gasteiger partial charge in [-0.15, -0.1) is 0 Å². The second kappa shape index (κ2) is 13.5. The van der Waals surface area contributed by atoms with Crippen molar-refractivity contribution in [3.05, 3.63) is 246 Å². The van der Waals surface area contributed by atoms with Crippen LogP contribution in [0.3, 0.4) is 0 Å². The number of nitrogens with one attached hydrogen (secondary N) is 1. The molecule has 0 saturated heterocycles. The van der Waals surface area contributed by atoms with Crippen LogP contribution in [0.15, 0.2) is 218 Å². The average molecular weight is 729 g/mol. The first kappa shape index (κ1) is 33.2. The SMILES string of the molecule is C1=CCC(c2cc(-c3ccc4c(c3)c3ccccc3n4-c3ccccc3)ccc2Nc2ccc3c(c2)-c2ccccc2C3(c2ccccc2)c2ccccc2)C=C1. The third-order valence-electron chi connectivity index (χ3n) is 12.2. The molecule has 0 spiro atoms. The predicted octanol–water partition coefficient (Wildman–Crippen LogP) is 14.2. The van der Waals surface area contributed by atoms with Crippen molar-refractivity contribution < 1.29 is 0 Å². The number of para-hydroxylation sites is 2. The van der Waals surface area contributed by atoms with E-state index < -0.39 is 5.41 Å². The maximum absolute atomic E-state index is 3.93. The van der Waals surface area contributed by atoms with Crippen LogP contribution in [-0.2, 0) is 5.41 Å². The lowest BCUT2D eigenvalue weighted by molar-refractivity contribution is 0.768. The van der Waals surface area contributed by atoms with E-state index in [0.717, 1.165) is 17.8 Å². The molecule has 1 unspecified atom stereocenters. The number of hydrogen-bond acceptors (Lipinski definition) is 1. The summed E-state index contributed by atoms with van der Waals surface area (Å²) in [6.45, 7) is 0. The summed E-state index contributed by atoms with van der Waals surface area (Å²) in [5.74, 6) is 0.264. The lowest BCUT2D eigenvalue weighted by Crippen LogP contribution is -2.28. The minimum absolute atomic E-state index is 0.264. The largest absolute Gasteiger partial charge is 0.355 e. The van der Waals surface area contributed by atoms with Crippen LogP contribution < -0.4 is 5.32 Å². The van der Waals surface area contributed by atoms with Crippen LogP contribution in [0.2, 0.25) is 0 Å². The molecule has 0 aliphatic heterocycles. The fourth-order valence-electron chi connectivity index (χ4n) is 9.66. The lowest BCUT2D eigenvalue weighted by Gasteiger charge is -2.33. The van der Waals surface area contributed by atoms with Crippen molar-refractivity contribution in [2.24, 2.45) is 0 Å². The number of aromatic nitrogens is 1. The molecule has 2 aliphatic carbocycles. The topological polar surface area (TPSA) is 17.0 Å². The van der Waals surface area contributed by atoms with E-state index in [9.17, 15) is 0 Å². The Morgan fingerprint density at radius 1 is 0.491 bits per heavy atom. The van der Waals surface area contributed by atoms with E-state index in [-0.39, 0.29) is 5.92 Å². The summed E-state index contributed by atoms with van der Waals surface area (Å²) < 4.78 is 2.38. The summed E-state index contributed by atoms with van der Waals surface area (Å²) >= 11 is 0. The number of fused-ring (bicyclic) bond motifs is 6. The summed E-state index contributed by atoms with van der Waals surface area (Å²) in [7, 11) is 0. The van der Waals surface area contributed by atoms with Gasteiger partial charge in [-0.1, -0.05) is 164 Å². The fourth-order valence-corrected chi connectivity index (χ4v) is 9.66. The van der Waals surface area contributed by atoms with E-state index in [4.69, 9.17) is 0 Å². The van der Waals surface area contributed by atoms with Gasteiger partial charge in [0, 0.05) is 33.8 Å². The molecule has 0 bridgehead atoms. The Morgan fingerprint density at radius 2 is 1.14 bits per heavy atom. The maximum atomic E-state index is 3.93. The van der Waals surface area contributed by atoms with Gasteiger partial charge in [-0.05, 0) is 111 Å². The Balaban J connectivity index is 1.02. The van der Waals surface area contributed by atoms with Crippen molar-refractivity contribution in [3.63, 3.8) is 0 Å². The molecule has 0 saturated carbocycles. The molecule has 9 aromatic rings. The van der Waals surface area contributed by atoms with Crippen molar-refractivity contribution in [1.82, 2.24) is 4.57 Å². The molecule has 2 nitrogen and oxygen atoms in total. The van der Waals surface area contributed by atoms with Crippen molar-refractivity contribution in [1.29, 1.82) is 0 Å². The maximum Gasteiger partial charge on any atom is 0.0713 e. The van der Waals surface area contributed by atoms with Gasteiger partial charge >= 0.3 is 0 Å². The molecule has 8 aromatic carbocycles. The number of nitrogens with zero attached hydrogens (tertiary/aromatic N) is 1. The number of benzene rings is 8. The third kappa shape index (κ3) is 5.33. The van der Waals surface area contributed by atoms with Gasteiger partial charge in [-0.25, -0.2) is 0 Å². The van der Waals surface area contributed by atoms with E-state index in [1.165, 1.54) is 77.6 Å². The molecular formula is C55H40N2. The van der Waals surface area contributed by atoms with Gasteiger partial charge in [-0.3, -0.25) is 0 Å². The second-order valence-corrected chi connectivity index (χ2v) is 15.3. The van der Waals surface area contributed by atoms with Crippen LogP contribution in [0.5, 0.6) is 0 Å². The minimum atomic E-state index is -0.409. The zero-order chi connectivity index (χ0) is 37.8. The van der Waals surface area contributed by atoms with Crippen LogP contribution in [-0.4, -0.2) is 4.57 Å². The molecule has 2 aliphatic rings. The zero-order valence-corrected chi connectivity index (χ0v) is 31.5. The zero-order valence-electron chi connectivity index (χ0n) is 31.5. The smallest absolute Gasteiger partial charge is 0.0713 e. The Bertz CT molecular complexity index is 2970. The van der Waals surface area contributed by atoms with Crippen LogP contribution in [0, 0.1) is 0 Å². The van der Waals surface area contributed by atoms with Gasteiger partial charge in [0.1, 0.15) is 0 Å². The molecule has 0 amide bonds. The minimum Gasteiger partial charge on any atom is -0.355 e. The second-order valence-electron chi connectivity index (χ2n) is 15.3. The predicted molar refractivity (Wildman–Crippen MR) is 239 cm³/mol. The standard InChI is InChI=1S/C55H40N2/c1-5-17-38(18-6-1)47-35-39(40-30-34-54-49(36-40)46-26-14-16-28-53(46)57(54)44-23-11-4-12-24-44)29-33-52(47)56-43-31-32-51-48(37-43)45-25-13-15-27-50(45)55(51,41-19-7-2-8-20-41)42-21-9-3-10-22-42/h1-17,19-38,56H,18H2. The van der Waals surface area contributed by atoms with Gasteiger partial charge in [0.05, 0.1) is 16.4 Å². The Kier molecular flexibility index (Phi) is 7.89. The van der Waals surface area contributed by atoms with Gasteiger partial charge in [0.15, 0.2) is 0 Å². The van der Waals surface area contributed by atoms with Gasteiger partial charge in [0.2, 0.25) is 0 Å². The van der Waals surface area contributed by atoms with Crippen molar-refractivity contribution >= 4 is 33.2 Å². The van der Waals surface area contributed by atoms with Crippen molar-refractivity contribution in [2.75, 3.05) is 5.32 Å². The number of allylic oxidation sites excluding steroid dienone is 4. The van der Waals surface area contributed by atoms with Gasteiger partial charge < -0.3 is 9.88 Å². The van der Waals surface area contributed by atoms with Gasteiger partial charge in [0.25, 0.3) is 0 Å². The van der Waals surface area contributed by atoms with E-state index >= 15 is 0 Å². The van der Waals surface area contributed by atoms with Gasteiger partial charge in [-0.2, -0.15) is 0 Å². The van der Waals surface area contributed by atoms with Crippen molar-refractivity contribution in [2.45, 2.75) is 17.8 Å². The highest BCUT2D eigenvalue weighted by Gasteiger charge is 2.46. The summed E-state index contributed by atoms with van der Waals surface area (Å²) in [5, 5.41) is 6.45. The first-order chi connectivity index (χ1) is 28.3. The van der Waals surface area contributed by atoms with E-state index in [1.807, 2.05) is 0 Å². The molecule has 0 radical (unpaired) electrons. The van der Waals surface area contributed by atoms with Crippen LogP contribution in [0.4, 0.5) is 11.4 Å². The highest BCUT2D eigenvalue weighted by atomic mass is 15.0. The van der Waals surface area contributed by atoms with Crippen LogP contribution in [0.25, 0.3) is 49.7 Å². The fraction of sp³-hybridized carbons (Fsp3) is 0.0545. The molecule has 11 rings (SSSR count). The number of rotatable bonds is 7. The number of hydrogen-bond donors (Lipinski definition) is 1. The van der Waals surface area contributed by atoms with Crippen LogP contribution >= 0.6 is 0 Å². The quantitative estimate of drug-likeness (QED) is 0.173. The molecule has 57 heavy (non-hydrogen) atoms. The molecule has 270 valence electrons. The first-order valence-corrected chi connectivity index (χ1v) is 20.0. The molecule has 2 heteroatoms. The average Bonchev–Trinajstić information content (AvgIpc) is 3.78. The molecule has 1 N–H and O–H groups in total. The summed E-state index contributed by atoms with van der Waals surface area (Å²) in [5.41, 5.74) is 16.9. The van der Waals surface area contributed by atoms with Crippen LogP contribution in [0.1, 0.15) is 40.2 Å². The lowest BCUT2D eigenvalue weighted by atomic mass is 9.68. The third-order valence-corrected chi connectivity index (χ3v) is 12.2. The molecular weight excluding hydrogens is 689 g/mol. The molecule has 1 heterocycles. The molecule has 1 atom stereocenters. The molecule has 0 fully saturated rings. The van der Waals surface area contributed by atoms with E-state index in [2.05, 4.69) is 228 Å². The Morgan fingerprint density at radius 3 is 1.91 bits per heavy atom. The summed E-state index contributed by atoms with van der Waals surface area (Å²) in [6.07, 6.45) is 9.94. The van der Waals surface area contributed by atoms with E-state index in [1.54, 1.807) is 0 Å². The summed E-state index contributed by atoms with van der Waals surface area (Å²) in [6, 6.07) is 71.3. The highest BCUT2D eigenvalue weighted by molar-refractivity contribution is 6.10. The summed E-state index contributed by atoms with van der Waals surface area (Å²) in [4.78, 5) is 0. The normalized spacial score (nSPS) is 15.1. The van der Waals surface area contributed by atoms with Crippen molar-refractivity contribution in [3.8, 4) is 27.9 Å². The Labute approximate surface area is 333 Å². The molecule has 1 aromatic heterocycles. The van der Waals surface area contributed by atoms with E-state index in [0.29, 0.717) is 0 Å². The number of anilines is 2. The first-order valence-electron chi connectivity index (χ1n) is 20.0. The Hall–Kier alpha value is -7.16. The highest BCUT2D eigenvalue weighted by Crippen LogP contribution is 2.56. The monoisotopic (exact) mass is 728 g/mol.